The van der Waals surface area contributed by atoms with E-state index in [1.54, 1.807) is 11.9 Å². The summed E-state index contributed by atoms with van der Waals surface area (Å²) in [6.07, 6.45) is 2.02. The van der Waals surface area contributed by atoms with E-state index in [-0.39, 0.29) is 29.6 Å². The van der Waals surface area contributed by atoms with Crippen LogP contribution in [-0.4, -0.2) is 48.3 Å². The monoisotopic (exact) mass is 279 g/mol. The summed E-state index contributed by atoms with van der Waals surface area (Å²) in [6, 6.07) is 3.62. The molecule has 1 aromatic carbocycles. The maximum atomic E-state index is 13.0. The number of hydrogen-bond acceptors (Lipinski definition) is 3. The highest BCUT2D eigenvalue weighted by atomic mass is 19.1. The van der Waals surface area contributed by atoms with Gasteiger partial charge in [-0.1, -0.05) is 0 Å². The van der Waals surface area contributed by atoms with E-state index in [1.807, 2.05) is 0 Å². The molecule has 5 nitrogen and oxygen atoms in total. The lowest BCUT2D eigenvalue weighted by Gasteiger charge is -2.21. The van der Waals surface area contributed by atoms with Crippen LogP contribution in [0.15, 0.2) is 18.2 Å². The molecular formula is C14H18FN3O2. The Hall–Kier alpha value is -2.11. The van der Waals surface area contributed by atoms with Gasteiger partial charge < -0.3 is 15.5 Å². The van der Waals surface area contributed by atoms with Crippen molar-refractivity contribution in [1.82, 2.24) is 9.80 Å². The summed E-state index contributed by atoms with van der Waals surface area (Å²) in [5, 5.41) is 0. The van der Waals surface area contributed by atoms with E-state index < -0.39 is 5.82 Å². The molecule has 0 atom stereocenters. The molecule has 0 spiro atoms. The van der Waals surface area contributed by atoms with Gasteiger partial charge in [-0.3, -0.25) is 9.59 Å². The number of nitrogens with two attached hydrogens (primary N) is 1. The van der Waals surface area contributed by atoms with Crippen molar-refractivity contribution >= 4 is 17.5 Å². The van der Waals surface area contributed by atoms with Gasteiger partial charge in [-0.05, 0) is 31.0 Å². The van der Waals surface area contributed by atoms with Crippen molar-refractivity contribution < 1.29 is 14.0 Å². The van der Waals surface area contributed by atoms with E-state index in [2.05, 4.69) is 0 Å². The SMILES string of the molecule is CN(CC(=O)N1CCCC1)C(=O)c1ccc(F)cc1N. The fourth-order valence-electron chi connectivity index (χ4n) is 2.28. The largest absolute Gasteiger partial charge is 0.398 e. The van der Waals surface area contributed by atoms with Gasteiger partial charge in [0.1, 0.15) is 5.82 Å². The van der Waals surface area contributed by atoms with Gasteiger partial charge in [0.25, 0.3) is 5.91 Å². The van der Waals surface area contributed by atoms with Crippen LogP contribution in [0.5, 0.6) is 0 Å². The Morgan fingerprint density at radius 1 is 1.35 bits per heavy atom. The molecule has 2 N–H and O–H groups in total. The van der Waals surface area contributed by atoms with Crippen LogP contribution in [0.1, 0.15) is 23.2 Å². The molecule has 1 aromatic rings. The summed E-state index contributed by atoms with van der Waals surface area (Å²) in [4.78, 5) is 27.2. The average molecular weight is 279 g/mol. The zero-order chi connectivity index (χ0) is 14.7. The van der Waals surface area contributed by atoms with Crippen LogP contribution in [0, 0.1) is 5.82 Å². The lowest BCUT2D eigenvalue weighted by atomic mass is 10.1. The third kappa shape index (κ3) is 3.07. The zero-order valence-electron chi connectivity index (χ0n) is 11.4. The lowest BCUT2D eigenvalue weighted by Crippen LogP contribution is -2.40. The number of carbonyl (C=O) groups excluding carboxylic acids is 2. The molecule has 1 heterocycles. The standard InChI is InChI=1S/C14H18FN3O2/c1-17(9-13(19)18-6-2-3-7-18)14(20)11-5-4-10(15)8-12(11)16/h4-5,8H,2-3,6-7,9,16H2,1H3. The summed E-state index contributed by atoms with van der Waals surface area (Å²) in [5.74, 6) is -0.941. The highest BCUT2D eigenvalue weighted by molar-refractivity contribution is 6.00. The van der Waals surface area contributed by atoms with Crippen molar-refractivity contribution in [2.75, 3.05) is 32.4 Å². The van der Waals surface area contributed by atoms with E-state index in [1.165, 1.54) is 17.0 Å². The van der Waals surface area contributed by atoms with E-state index >= 15 is 0 Å². The van der Waals surface area contributed by atoms with E-state index in [4.69, 9.17) is 5.73 Å². The molecule has 1 aliphatic heterocycles. The molecule has 0 radical (unpaired) electrons. The van der Waals surface area contributed by atoms with Crippen molar-refractivity contribution in [3.8, 4) is 0 Å². The van der Waals surface area contributed by atoms with E-state index in [0.29, 0.717) is 0 Å². The fourth-order valence-corrected chi connectivity index (χ4v) is 2.28. The van der Waals surface area contributed by atoms with Crippen molar-refractivity contribution in [1.29, 1.82) is 0 Å². The Balaban J connectivity index is 2.02. The minimum atomic E-state index is -0.491. The minimum absolute atomic E-state index is 0.00957. The van der Waals surface area contributed by atoms with E-state index in [0.717, 1.165) is 32.0 Å². The summed E-state index contributed by atoms with van der Waals surface area (Å²) in [6.45, 7) is 1.51. The Kier molecular flexibility index (Phi) is 4.22. The van der Waals surface area contributed by atoms with Crippen LogP contribution in [0.4, 0.5) is 10.1 Å². The highest BCUT2D eigenvalue weighted by Gasteiger charge is 2.22. The number of nitrogen functional groups attached to an aromatic ring is 1. The summed E-state index contributed by atoms with van der Waals surface area (Å²) < 4.78 is 13.0. The Morgan fingerprint density at radius 2 is 2.00 bits per heavy atom. The third-order valence-corrected chi connectivity index (χ3v) is 3.42. The molecule has 20 heavy (non-hydrogen) atoms. The van der Waals surface area contributed by atoms with Gasteiger partial charge in [-0.25, -0.2) is 4.39 Å². The number of benzene rings is 1. The summed E-state index contributed by atoms with van der Waals surface area (Å²) in [7, 11) is 1.54. The second kappa shape index (κ2) is 5.90. The Bertz CT molecular complexity index is 527. The normalized spacial score (nSPS) is 14.4. The van der Waals surface area contributed by atoms with Crippen LogP contribution in [0.2, 0.25) is 0 Å². The number of anilines is 1. The molecular weight excluding hydrogens is 261 g/mol. The smallest absolute Gasteiger partial charge is 0.256 e. The first-order valence-electron chi connectivity index (χ1n) is 6.57. The zero-order valence-corrected chi connectivity index (χ0v) is 11.4. The summed E-state index contributed by atoms with van der Waals surface area (Å²) >= 11 is 0. The van der Waals surface area contributed by atoms with Gasteiger partial charge in [-0.15, -0.1) is 0 Å². The predicted octanol–water partition coefficient (Wildman–Crippen LogP) is 1.10. The molecule has 0 unspecified atom stereocenters. The first-order chi connectivity index (χ1) is 9.49. The molecule has 2 rings (SSSR count). The van der Waals surface area contributed by atoms with Crippen LogP contribution in [0.25, 0.3) is 0 Å². The number of likely N-dealkylation sites (N-methyl/N-ethyl adjacent to an activating group) is 1. The molecule has 0 saturated carbocycles. The van der Waals surface area contributed by atoms with Crippen molar-refractivity contribution in [3.63, 3.8) is 0 Å². The average Bonchev–Trinajstić information content (AvgIpc) is 2.91. The van der Waals surface area contributed by atoms with Gasteiger partial charge in [0.2, 0.25) is 5.91 Å². The molecule has 1 saturated heterocycles. The number of halogens is 1. The maximum Gasteiger partial charge on any atom is 0.256 e. The molecule has 1 aliphatic rings. The molecule has 1 fully saturated rings. The van der Waals surface area contributed by atoms with E-state index in [9.17, 15) is 14.0 Å². The summed E-state index contributed by atoms with van der Waals surface area (Å²) in [5.41, 5.74) is 5.92. The Labute approximate surface area is 117 Å². The first kappa shape index (κ1) is 14.3. The van der Waals surface area contributed by atoms with Gasteiger partial charge in [0, 0.05) is 25.8 Å². The molecule has 108 valence electrons. The molecule has 0 bridgehead atoms. The van der Waals surface area contributed by atoms with Crippen molar-refractivity contribution in [3.05, 3.63) is 29.6 Å². The Morgan fingerprint density at radius 3 is 2.60 bits per heavy atom. The number of rotatable bonds is 3. The first-order valence-corrected chi connectivity index (χ1v) is 6.57. The second-order valence-electron chi connectivity index (χ2n) is 4.98. The van der Waals surface area contributed by atoms with Crippen LogP contribution >= 0.6 is 0 Å². The van der Waals surface area contributed by atoms with Gasteiger partial charge >= 0.3 is 0 Å². The minimum Gasteiger partial charge on any atom is -0.398 e. The van der Waals surface area contributed by atoms with Gasteiger partial charge in [0.15, 0.2) is 0 Å². The van der Waals surface area contributed by atoms with Gasteiger partial charge in [-0.2, -0.15) is 0 Å². The number of likely N-dealkylation sites (tertiary alicyclic amines) is 1. The molecule has 2 amide bonds. The number of hydrogen-bond donors (Lipinski definition) is 1. The lowest BCUT2D eigenvalue weighted by molar-refractivity contribution is -0.130. The number of carbonyl (C=O) groups is 2. The van der Waals surface area contributed by atoms with Crippen LogP contribution in [-0.2, 0) is 4.79 Å². The fraction of sp³-hybridized carbons (Fsp3) is 0.429. The third-order valence-electron chi connectivity index (χ3n) is 3.42. The highest BCUT2D eigenvalue weighted by Crippen LogP contribution is 2.15. The van der Waals surface area contributed by atoms with Gasteiger partial charge in [0.05, 0.1) is 12.1 Å². The molecule has 6 heteroatoms. The topological polar surface area (TPSA) is 66.6 Å². The molecule has 0 aromatic heterocycles. The molecule has 0 aliphatic carbocycles. The predicted molar refractivity (Wildman–Crippen MR) is 73.6 cm³/mol. The quantitative estimate of drug-likeness (QED) is 0.843. The van der Waals surface area contributed by atoms with Crippen molar-refractivity contribution in [2.45, 2.75) is 12.8 Å². The van der Waals surface area contributed by atoms with Crippen LogP contribution in [0.3, 0.4) is 0 Å². The number of nitrogens with zero attached hydrogens (tertiary/aromatic N) is 2. The van der Waals surface area contributed by atoms with Crippen LogP contribution < -0.4 is 5.73 Å². The maximum absolute atomic E-state index is 13.0. The van der Waals surface area contributed by atoms with Crippen molar-refractivity contribution in [2.24, 2.45) is 0 Å². The second-order valence-corrected chi connectivity index (χ2v) is 4.98. The number of amides is 2.